The van der Waals surface area contributed by atoms with Gasteiger partial charge in [-0.05, 0) is 53.2 Å². The number of aromatic nitrogens is 2. The van der Waals surface area contributed by atoms with E-state index < -0.39 is 10.0 Å². The molecule has 0 saturated heterocycles. The van der Waals surface area contributed by atoms with Gasteiger partial charge in [0.25, 0.3) is 0 Å². The monoisotopic (exact) mass is 400 g/mol. The highest BCUT2D eigenvalue weighted by molar-refractivity contribution is 9.10. The molecule has 0 fully saturated rings. The van der Waals surface area contributed by atoms with Gasteiger partial charge < -0.3 is 16.4 Å². The highest BCUT2D eigenvalue weighted by Gasteiger charge is 2.08. The van der Waals surface area contributed by atoms with E-state index in [0.717, 1.165) is 10.9 Å². The summed E-state index contributed by atoms with van der Waals surface area (Å²) in [5.74, 6) is 1.03. The maximum Gasteiger partial charge on any atom is 0.238 e. The lowest BCUT2D eigenvalue weighted by molar-refractivity contribution is 0.598. The highest BCUT2D eigenvalue weighted by Crippen LogP contribution is 2.22. The summed E-state index contributed by atoms with van der Waals surface area (Å²) in [5.41, 5.74) is 6.10. The molecule has 0 atom stereocenters. The van der Waals surface area contributed by atoms with Crippen molar-refractivity contribution in [1.29, 1.82) is 0 Å². The van der Waals surface area contributed by atoms with Crippen molar-refractivity contribution in [3.63, 3.8) is 0 Å². The van der Waals surface area contributed by atoms with Crippen LogP contribution in [0.25, 0.3) is 0 Å². The van der Waals surface area contributed by atoms with E-state index in [0.29, 0.717) is 30.5 Å². The number of sulfonamides is 1. The average Bonchev–Trinajstić information content (AvgIpc) is 2.50. The Morgan fingerprint density at radius 1 is 1.22 bits per heavy atom. The quantitative estimate of drug-likeness (QED) is 0.515. The van der Waals surface area contributed by atoms with E-state index in [1.54, 1.807) is 18.3 Å². The Morgan fingerprint density at radius 3 is 2.52 bits per heavy atom. The van der Waals surface area contributed by atoms with Crippen LogP contribution in [0.15, 0.2) is 39.8 Å². The van der Waals surface area contributed by atoms with Gasteiger partial charge in [0, 0.05) is 18.4 Å². The van der Waals surface area contributed by atoms with Gasteiger partial charge in [0.15, 0.2) is 0 Å². The topological polar surface area (TPSA) is 136 Å². The largest absolute Gasteiger partial charge is 0.369 e. The van der Waals surface area contributed by atoms with Crippen LogP contribution in [0.1, 0.15) is 6.42 Å². The number of hydrogen-bond donors (Lipinski definition) is 4. The molecule has 2 aromatic rings. The van der Waals surface area contributed by atoms with Gasteiger partial charge in [-0.1, -0.05) is 0 Å². The minimum Gasteiger partial charge on any atom is -0.369 e. The zero-order valence-corrected chi connectivity index (χ0v) is 14.6. The second kappa shape index (κ2) is 7.68. The van der Waals surface area contributed by atoms with Gasteiger partial charge in [0.2, 0.25) is 16.0 Å². The number of nitrogens with two attached hydrogens (primary N) is 2. The Kier molecular flexibility index (Phi) is 5.88. The molecule has 0 radical (unpaired) electrons. The van der Waals surface area contributed by atoms with Crippen molar-refractivity contribution in [2.75, 3.05) is 23.7 Å². The van der Waals surface area contributed by atoms with E-state index in [-0.39, 0.29) is 4.90 Å². The molecule has 2 rings (SSSR count). The second-order valence-corrected chi connectivity index (χ2v) is 7.07. The first kappa shape index (κ1) is 17.6. The predicted molar refractivity (Wildman–Crippen MR) is 93.0 cm³/mol. The molecule has 0 spiro atoms. The fourth-order valence-corrected chi connectivity index (χ4v) is 2.56. The molecular weight excluding hydrogens is 384 g/mol. The van der Waals surface area contributed by atoms with Crippen LogP contribution in [-0.4, -0.2) is 31.5 Å². The summed E-state index contributed by atoms with van der Waals surface area (Å²) in [7, 11) is -3.70. The van der Waals surface area contributed by atoms with Crippen molar-refractivity contribution in [3.05, 3.63) is 34.9 Å². The fraction of sp³-hybridized carbons (Fsp3) is 0.231. The van der Waals surface area contributed by atoms with Crippen molar-refractivity contribution >= 4 is 43.4 Å². The van der Waals surface area contributed by atoms with Gasteiger partial charge in [-0.2, -0.15) is 4.98 Å². The molecule has 0 unspecified atom stereocenters. The third kappa shape index (κ3) is 5.13. The Morgan fingerprint density at radius 2 is 1.91 bits per heavy atom. The summed E-state index contributed by atoms with van der Waals surface area (Å²) in [5, 5.41) is 11.2. The number of hydrogen-bond acceptors (Lipinski definition) is 7. The van der Waals surface area contributed by atoms with E-state index in [2.05, 4.69) is 36.5 Å². The zero-order chi connectivity index (χ0) is 16.9. The summed E-state index contributed by atoms with van der Waals surface area (Å²) in [6.07, 6.45) is 2.45. The fourth-order valence-electron chi connectivity index (χ4n) is 1.72. The van der Waals surface area contributed by atoms with Crippen LogP contribution in [0.4, 0.5) is 17.5 Å². The molecule has 23 heavy (non-hydrogen) atoms. The van der Waals surface area contributed by atoms with Crippen LogP contribution in [0, 0.1) is 0 Å². The molecule has 8 nitrogen and oxygen atoms in total. The molecule has 0 saturated carbocycles. The standard InChI is InChI=1S/C13H17BrN6O2S/c14-11-8-18-13(20-12(11)17-7-1-6-15)19-9-2-4-10(5-3-9)23(16,21)22/h2-5,8H,1,6-7,15H2,(H2,16,21,22)(H2,17,18,19,20). The van der Waals surface area contributed by atoms with E-state index in [4.69, 9.17) is 10.9 Å². The summed E-state index contributed by atoms with van der Waals surface area (Å²) >= 11 is 3.37. The third-order valence-corrected chi connectivity index (χ3v) is 4.37. The first-order valence-electron chi connectivity index (χ1n) is 6.76. The third-order valence-electron chi connectivity index (χ3n) is 2.86. The van der Waals surface area contributed by atoms with Crippen LogP contribution in [0.5, 0.6) is 0 Å². The summed E-state index contributed by atoms with van der Waals surface area (Å²) in [6, 6.07) is 6.01. The number of rotatable bonds is 7. The van der Waals surface area contributed by atoms with E-state index in [1.807, 2.05) is 0 Å². The molecule has 0 aliphatic rings. The number of anilines is 3. The lowest BCUT2D eigenvalue weighted by atomic mass is 10.3. The Bertz CT molecular complexity index is 767. The van der Waals surface area contributed by atoms with Crippen LogP contribution in [0.2, 0.25) is 0 Å². The van der Waals surface area contributed by atoms with Crippen molar-refractivity contribution in [2.24, 2.45) is 10.9 Å². The minimum atomic E-state index is -3.70. The van der Waals surface area contributed by atoms with Gasteiger partial charge in [-0.3, -0.25) is 0 Å². The lowest BCUT2D eigenvalue weighted by Gasteiger charge is -2.10. The first-order valence-corrected chi connectivity index (χ1v) is 9.10. The zero-order valence-electron chi connectivity index (χ0n) is 12.2. The predicted octanol–water partition coefficient (Wildman–Crippen LogP) is 1.39. The van der Waals surface area contributed by atoms with Crippen LogP contribution >= 0.6 is 15.9 Å². The van der Waals surface area contributed by atoms with Crippen molar-refractivity contribution < 1.29 is 8.42 Å². The molecule has 6 N–H and O–H groups in total. The molecule has 124 valence electrons. The van der Waals surface area contributed by atoms with Gasteiger partial charge in [-0.15, -0.1) is 0 Å². The molecule has 10 heteroatoms. The number of primary sulfonamides is 1. The second-order valence-electron chi connectivity index (χ2n) is 4.65. The maximum absolute atomic E-state index is 11.2. The molecule has 0 amide bonds. The number of benzene rings is 1. The summed E-state index contributed by atoms with van der Waals surface area (Å²) in [4.78, 5) is 8.55. The smallest absolute Gasteiger partial charge is 0.238 e. The van der Waals surface area contributed by atoms with Crippen molar-refractivity contribution in [2.45, 2.75) is 11.3 Å². The normalized spacial score (nSPS) is 11.3. The number of nitrogens with one attached hydrogen (secondary N) is 2. The van der Waals surface area contributed by atoms with Crippen molar-refractivity contribution in [3.8, 4) is 0 Å². The Labute approximate surface area is 142 Å². The van der Waals surface area contributed by atoms with Gasteiger partial charge >= 0.3 is 0 Å². The molecule has 0 aliphatic carbocycles. The molecule has 1 heterocycles. The number of halogens is 1. The van der Waals surface area contributed by atoms with Crippen LogP contribution in [0.3, 0.4) is 0 Å². The lowest BCUT2D eigenvalue weighted by Crippen LogP contribution is -2.12. The SMILES string of the molecule is NCCCNc1nc(Nc2ccc(S(N)(=O)=O)cc2)ncc1Br. The molecule has 0 bridgehead atoms. The van der Waals surface area contributed by atoms with Gasteiger partial charge in [0.05, 0.1) is 9.37 Å². The van der Waals surface area contributed by atoms with E-state index in [9.17, 15) is 8.42 Å². The molecule has 1 aromatic heterocycles. The van der Waals surface area contributed by atoms with Gasteiger partial charge in [0.1, 0.15) is 5.82 Å². The van der Waals surface area contributed by atoms with E-state index >= 15 is 0 Å². The molecular formula is C13H17BrN6O2S. The highest BCUT2D eigenvalue weighted by atomic mass is 79.9. The number of nitrogens with zero attached hydrogens (tertiary/aromatic N) is 2. The van der Waals surface area contributed by atoms with Gasteiger partial charge in [-0.25, -0.2) is 18.5 Å². The van der Waals surface area contributed by atoms with Crippen molar-refractivity contribution in [1.82, 2.24) is 9.97 Å². The minimum absolute atomic E-state index is 0.0453. The van der Waals surface area contributed by atoms with Crippen LogP contribution < -0.4 is 21.5 Å². The summed E-state index contributed by atoms with van der Waals surface area (Å²) in [6.45, 7) is 1.30. The Balaban J connectivity index is 2.12. The van der Waals surface area contributed by atoms with Crippen LogP contribution in [-0.2, 0) is 10.0 Å². The maximum atomic E-state index is 11.2. The van der Waals surface area contributed by atoms with E-state index in [1.165, 1.54) is 12.1 Å². The summed E-state index contributed by atoms with van der Waals surface area (Å²) < 4.78 is 23.2. The first-order chi connectivity index (χ1) is 10.9. The molecule has 0 aliphatic heterocycles. The molecule has 1 aromatic carbocycles. The average molecular weight is 401 g/mol. The Hall–Kier alpha value is -1.75.